The van der Waals surface area contributed by atoms with E-state index in [1.165, 1.54) is 0 Å². The first kappa shape index (κ1) is 12.6. The van der Waals surface area contributed by atoms with Gasteiger partial charge in [0, 0.05) is 6.54 Å². The van der Waals surface area contributed by atoms with Gasteiger partial charge in [0.05, 0.1) is 29.5 Å². The molecule has 0 aromatic carbocycles. The van der Waals surface area contributed by atoms with Crippen LogP contribution in [-0.2, 0) is 14.3 Å². The molecule has 2 amide bonds. The van der Waals surface area contributed by atoms with Gasteiger partial charge in [0.25, 0.3) is 5.91 Å². The maximum atomic E-state index is 10.8. The zero-order valence-corrected chi connectivity index (χ0v) is 9.04. The van der Waals surface area contributed by atoms with Crippen LogP contribution in [0.3, 0.4) is 0 Å². The van der Waals surface area contributed by atoms with Crippen LogP contribution in [0.4, 0.5) is 0 Å². The Bertz CT molecular complexity index is 176. The number of rotatable bonds is 6. The highest BCUT2D eigenvalue weighted by Crippen LogP contribution is 1.78. The molecule has 0 atom stereocenters. The maximum Gasteiger partial charge on any atom is 0.254 e. The molecule has 7 heteroatoms. The van der Waals surface area contributed by atoms with Crippen LogP contribution in [0.25, 0.3) is 0 Å². The van der Waals surface area contributed by atoms with E-state index >= 15 is 0 Å². The van der Waals surface area contributed by atoms with Crippen molar-refractivity contribution in [3.05, 3.63) is 0 Å². The third kappa shape index (κ3) is 7.94. The van der Waals surface area contributed by atoms with E-state index in [1.54, 1.807) is 22.9 Å². The van der Waals surface area contributed by atoms with E-state index in [0.29, 0.717) is 0 Å². The van der Waals surface area contributed by atoms with Gasteiger partial charge in [-0.05, 0) is 0 Å². The van der Waals surface area contributed by atoms with Gasteiger partial charge in [-0.15, -0.1) is 0 Å². The van der Waals surface area contributed by atoms with Crippen LogP contribution in [0.1, 0.15) is 0 Å². The van der Waals surface area contributed by atoms with Crippen molar-refractivity contribution in [1.29, 1.82) is 0 Å². The Kier molecular flexibility index (Phi) is 7.94. The SMILES string of the molecule is O=C(COCC(=O)NCCO)NI. The van der Waals surface area contributed by atoms with Gasteiger partial charge < -0.3 is 15.2 Å². The molecule has 0 aliphatic rings. The van der Waals surface area contributed by atoms with Crippen LogP contribution in [-0.4, -0.2) is 43.3 Å². The molecule has 6 nitrogen and oxygen atoms in total. The fourth-order valence-electron chi connectivity index (χ4n) is 0.510. The normalized spacial score (nSPS) is 9.38. The smallest absolute Gasteiger partial charge is 0.254 e. The van der Waals surface area contributed by atoms with E-state index in [-0.39, 0.29) is 38.2 Å². The molecule has 0 rings (SSSR count). The molecule has 0 spiro atoms. The molecule has 0 heterocycles. The summed E-state index contributed by atoms with van der Waals surface area (Å²) < 4.78 is 7.05. The summed E-state index contributed by atoms with van der Waals surface area (Å²) in [6.45, 7) is -0.236. The van der Waals surface area contributed by atoms with Crippen LogP contribution < -0.4 is 8.85 Å². The number of hydrogen-bond acceptors (Lipinski definition) is 4. The highest BCUT2D eigenvalue weighted by molar-refractivity contribution is 14.1. The van der Waals surface area contributed by atoms with Crippen LogP contribution in [0.15, 0.2) is 0 Å². The molecular weight excluding hydrogens is 291 g/mol. The molecule has 3 N–H and O–H groups in total. The highest BCUT2D eigenvalue weighted by Gasteiger charge is 2.02. The molecular formula is C6H11IN2O4. The molecule has 0 fully saturated rings. The van der Waals surface area contributed by atoms with E-state index in [1.807, 2.05) is 0 Å². The molecule has 0 saturated heterocycles. The van der Waals surface area contributed by atoms with Crippen molar-refractivity contribution in [3.63, 3.8) is 0 Å². The van der Waals surface area contributed by atoms with Crippen molar-refractivity contribution in [2.24, 2.45) is 0 Å². The van der Waals surface area contributed by atoms with E-state index < -0.39 is 0 Å². The van der Waals surface area contributed by atoms with Crippen molar-refractivity contribution in [2.45, 2.75) is 0 Å². The lowest BCUT2D eigenvalue weighted by molar-refractivity contribution is -0.129. The molecule has 76 valence electrons. The number of halogens is 1. The maximum absolute atomic E-state index is 10.8. The lowest BCUT2D eigenvalue weighted by Crippen LogP contribution is -2.31. The standard InChI is InChI=1S/C6H11IN2O4/c7-9-6(12)4-13-3-5(11)8-1-2-10/h10H,1-4H2,(H,8,11)(H,9,12). The fraction of sp³-hybridized carbons (Fsp3) is 0.667. The van der Waals surface area contributed by atoms with Gasteiger partial charge in [0.1, 0.15) is 13.2 Å². The molecule has 0 aromatic heterocycles. The molecule has 0 saturated carbocycles. The number of carbonyl (C=O) groups is 2. The fourth-order valence-corrected chi connectivity index (χ4v) is 0.666. The van der Waals surface area contributed by atoms with Crippen molar-refractivity contribution in [2.75, 3.05) is 26.4 Å². The zero-order valence-electron chi connectivity index (χ0n) is 6.88. The van der Waals surface area contributed by atoms with E-state index in [0.717, 1.165) is 0 Å². The summed E-state index contributed by atoms with van der Waals surface area (Å²) in [5, 5.41) is 10.7. The quantitative estimate of drug-likeness (QED) is 0.415. The van der Waals surface area contributed by atoms with Gasteiger partial charge in [-0.25, -0.2) is 0 Å². The lowest BCUT2D eigenvalue weighted by Gasteiger charge is -2.03. The monoisotopic (exact) mass is 302 g/mol. The molecule has 0 unspecified atom stereocenters. The summed E-state index contributed by atoms with van der Waals surface area (Å²) in [6, 6.07) is 0. The van der Waals surface area contributed by atoms with Crippen LogP contribution >= 0.6 is 22.9 Å². The first-order valence-electron chi connectivity index (χ1n) is 3.55. The average Bonchev–Trinajstić information content (AvgIpc) is 2.14. The van der Waals surface area contributed by atoms with Crippen LogP contribution in [0.5, 0.6) is 0 Å². The minimum absolute atomic E-state index is 0.111. The van der Waals surface area contributed by atoms with Gasteiger partial charge >= 0.3 is 0 Å². The van der Waals surface area contributed by atoms with Crippen molar-refractivity contribution >= 4 is 34.7 Å². The Morgan fingerprint density at radius 1 is 1.31 bits per heavy atom. The molecule has 0 aliphatic heterocycles. The number of hydrogen-bond donors (Lipinski definition) is 3. The van der Waals surface area contributed by atoms with Crippen LogP contribution in [0.2, 0.25) is 0 Å². The average molecular weight is 302 g/mol. The lowest BCUT2D eigenvalue weighted by atomic mass is 10.6. The van der Waals surface area contributed by atoms with Gasteiger partial charge in [0.2, 0.25) is 5.91 Å². The summed E-state index contributed by atoms with van der Waals surface area (Å²) >= 11 is 1.68. The Hall–Kier alpha value is -0.410. The Balaban J connectivity index is 3.31. The summed E-state index contributed by atoms with van der Waals surface area (Å²) in [5.74, 6) is -0.647. The topological polar surface area (TPSA) is 87.7 Å². The number of nitrogens with one attached hydrogen (secondary N) is 2. The molecule has 0 aliphatic carbocycles. The van der Waals surface area contributed by atoms with Gasteiger partial charge in [-0.3, -0.25) is 13.1 Å². The second kappa shape index (κ2) is 8.20. The van der Waals surface area contributed by atoms with Crippen LogP contribution in [0, 0.1) is 0 Å². The minimum Gasteiger partial charge on any atom is -0.395 e. The second-order valence-electron chi connectivity index (χ2n) is 2.08. The van der Waals surface area contributed by atoms with Gasteiger partial charge in [-0.1, -0.05) is 0 Å². The van der Waals surface area contributed by atoms with Crippen molar-refractivity contribution < 1.29 is 19.4 Å². The highest BCUT2D eigenvalue weighted by atomic mass is 127. The summed E-state index contributed by atoms with van der Waals surface area (Å²) in [4.78, 5) is 21.4. The summed E-state index contributed by atoms with van der Waals surface area (Å²) in [6.07, 6.45) is 0. The first-order chi connectivity index (χ1) is 6.20. The predicted octanol–water partition coefficient (Wildman–Crippen LogP) is -1.42. The molecule has 0 radical (unpaired) electrons. The summed E-state index contributed by atoms with van der Waals surface area (Å²) in [7, 11) is 0. The largest absolute Gasteiger partial charge is 0.395 e. The second-order valence-corrected chi connectivity index (χ2v) is 2.62. The predicted molar refractivity (Wildman–Crippen MR) is 53.1 cm³/mol. The van der Waals surface area contributed by atoms with E-state index in [4.69, 9.17) is 9.84 Å². The third-order valence-electron chi connectivity index (χ3n) is 1.01. The van der Waals surface area contributed by atoms with Gasteiger partial charge in [-0.2, -0.15) is 0 Å². The Morgan fingerprint density at radius 2 is 1.92 bits per heavy atom. The van der Waals surface area contributed by atoms with Gasteiger partial charge in [0.15, 0.2) is 0 Å². The number of amides is 2. The third-order valence-corrected chi connectivity index (χ3v) is 1.61. The Labute approximate surface area is 89.5 Å². The molecule has 0 aromatic rings. The molecule has 0 bridgehead atoms. The van der Waals surface area contributed by atoms with E-state index in [9.17, 15) is 9.59 Å². The zero-order chi connectivity index (χ0) is 10.1. The number of aliphatic hydroxyl groups is 1. The number of carbonyl (C=O) groups excluding carboxylic acids is 2. The first-order valence-corrected chi connectivity index (χ1v) is 4.63. The summed E-state index contributed by atoms with van der Waals surface area (Å²) in [5.41, 5.74) is 0. The minimum atomic E-state index is -0.352. The molecule has 13 heavy (non-hydrogen) atoms. The van der Waals surface area contributed by atoms with E-state index in [2.05, 4.69) is 8.85 Å². The number of ether oxygens (including phenoxy) is 1. The Morgan fingerprint density at radius 3 is 2.46 bits per heavy atom. The van der Waals surface area contributed by atoms with Crippen molar-refractivity contribution in [3.8, 4) is 0 Å². The van der Waals surface area contributed by atoms with Crippen molar-refractivity contribution in [1.82, 2.24) is 8.85 Å². The number of aliphatic hydroxyl groups excluding tert-OH is 1.